The first kappa shape index (κ1) is 14.6. The Morgan fingerprint density at radius 1 is 0.944 bits per heavy atom. The number of urea groups is 2. The molecule has 2 atom stereocenters. The zero-order chi connectivity index (χ0) is 13.7. The average molecular weight is 257 g/mol. The van der Waals surface area contributed by atoms with Crippen molar-refractivity contribution in [3.8, 4) is 0 Å². The van der Waals surface area contributed by atoms with Gasteiger partial charge >= 0.3 is 12.1 Å². The second-order valence-corrected chi connectivity index (χ2v) is 4.98. The van der Waals surface area contributed by atoms with E-state index in [9.17, 15) is 9.59 Å². The molecule has 4 amide bonds. The van der Waals surface area contributed by atoms with Crippen LogP contribution < -0.4 is 16.0 Å². The zero-order valence-electron chi connectivity index (χ0n) is 11.5. The van der Waals surface area contributed by atoms with Gasteiger partial charge in [-0.2, -0.15) is 0 Å². The van der Waals surface area contributed by atoms with Gasteiger partial charge in [0.1, 0.15) is 0 Å². The Hall–Kier alpha value is -1.50. The molecule has 1 aliphatic rings. The van der Waals surface area contributed by atoms with Gasteiger partial charge in [0.25, 0.3) is 0 Å². The first-order chi connectivity index (χ1) is 8.40. The molecule has 0 saturated carbocycles. The van der Waals surface area contributed by atoms with Crippen molar-refractivity contribution in [2.75, 3.05) is 41.3 Å². The maximum absolute atomic E-state index is 11.5. The van der Waals surface area contributed by atoms with Gasteiger partial charge in [0.15, 0.2) is 0 Å². The smallest absolute Gasteiger partial charge is 0.317 e. The Bertz CT molecular complexity index is 278. The Labute approximate surface area is 108 Å². The molecule has 104 valence electrons. The Kier molecular flexibility index (Phi) is 5.21. The fraction of sp³-hybridized carbons (Fsp3) is 0.818. The third-order valence-electron chi connectivity index (χ3n) is 2.82. The van der Waals surface area contributed by atoms with Crippen molar-refractivity contribution in [2.45, 2.75) is 18.5 Å². The lowest BCUT2D eigenvalue weighted by Gasteiger charge is -2.32. The molecule has 7 heteroatoms. The molecule has 18 heavy (non-hydrogen) atoms. The summed E-state index contributed by atoms with van der Waals surface area (Å²) in [4.78, 5) is 26.1. The summed E-state index contributed by atoms with van der Waals surface area (Å²) < 4.78 is 0. The second-order valence-electron chi connectivity index (χ2n) is 4.98. The minimum absolute atomic E-state index is 0.0427. The number of carbonyl (C=O) groups is 2. The molecule has 7 nitrogen and oxygen atoms in total. The van der Waals surface area contributed by atoms with Crippen LogP contribution in [0.3, 0.4) is 0 Å². The Balaban J connectivity index is 2.41. The van der Waals surface area contributed by atoms with Crippen LogP contribution in [0.4, 0.5) is 9.59 Å². The highest BCUT2D eigenvalue weighted by Gasteiger charge is 2.24. The van der Waals surface area contributed by atoms with Gasteiger partial charge in [-0.1, -0.05) is 0 Å². The lowest BCUT2D eigenvalue weighted by atomic mass is 10.0. The molecule has 0 radical (unpaired) electrons. The van der Waals surface area contributed by atoms with Gasteiger partial charge < -0.3 is 25.8 Å². The van der Waals surface area contributed by atoms with Crippen LogP contribution >= 0.6 is 0 Å². The van der Waals surface area contributed by atoms with Crippen molar-refractivity contribution in [2.24, 2.45) is 0 Å². The number of nitrogens with one attached hydrogen (secondary N) is 3. The van der Waals surface area contributed by atoms with Crippen LogP contribution in [0.5, 0.6) is 0 Å². The highest BCUT2D eigenvalue weighted by atomic mass is 16.2. The average Bonchev–Trinajstić information content (AvgIpc) is 2.29. The Morgan fingerprint density at radius 3 is 1.67 bits per heavy atom. The van der Waals surface area contributed by atoms with E-state index >= 15 is 0 Å². The topological polar surface area (TPSA) is 76.7 Å². The summed E-state index contributed by atoms with van der Waals surface area (Å²) in [7, 11) is 6.82. The lowest BCUT2D eigenvalue weighted by molar-refractivity contribution is 0.200. The third kappa shape index (κ3) is 4.40. The molecule has 1 fully saturated rings. The van der Waals surface area contributed by atoms with Crippen molar-refractivity contribution in [3.05, 3.63) is 0 Å². The molecule has 0 aliphatic carbocycles. The number of rotatable bonds is 2. The predicted octanol–water partition coefficient (Wildman–Crippen LogP) is -0.741. The molecule has 1 aliphatic heterocycles. The van der Waals surface area contributed by atoms with E-state index in [0.717, 1.165) is 19.5 Å². The quantitative estimate of drug-likeness (QED) is 0.610. The molecule has 1 saturated heterocycles. The standard InChI is InChI=1S/C11H23N5O2/c1-15(2)10(17)13-8-5-9(7-12-6-8)14-11(18)16(3)4/h8-9,12H,5-7H2,1-4H3,(H,13,17)(H,14,18). The molecule has 3 N–H and O–H groups in total. The van der Waals surface area contributed by atoms with Crippen LogP contribution in [-0.4, -0.2) is 75.2 Å². The van der Waals surface area contributed by atoms with Crippen LogP contribution in [0, 0.1) is 0 Å². The third-order valence-corrected chi connectivity index (χ3v) is 2.82. The maximum atomic E-state index is 11.5. The molecular formula is C11H23N5O2. The minimum Gasteiger partial charge on any atom is -0.334 e. The largest absolute Gasteiger partial charge is 0.334 e. The second kappa shape index (κ2) is 6.44. The highest BCUT2D eigenvalue weighted by molar-refractivity contribution is 5.74. The highest BCUT2D eigenvalue weighted by Crippen LogP contribution is 2.04. The molecule has 0 aromatic rings. The number of amides is 4. The van der Waals surface area contributed by atoms with E-state index in [1.807, 2.05) is 0 Å². The van der Waals surface area contributed by atoms with Crippen LogP contribution in [0.25, 0.3) is 0 Å². The molecule has 0 aromatic carbocycles. The van der Waals surface area contributed by atoms with Gasteiger partial charge in [-0.25, -0.2) is 9.59 Å². The number of piperidine rings is 1. The molecule has 1 heterocycles. The van der Waals surface area contributed by atoms with E-state index in [-0.39, 0.29) is 24.1 Å². The summed E-state index contributed by atoms with van der Waals surface area (Å²) in [5, 5.41) is 9.03. The van der Waals surface area contributed by atoms with Crippen LogP contribution in [0.1, 0.15) is 6.42 Å². The monoisotopic (exact) mass is 257 g/mol. The van der Waals surface area contributed by atoms with Crippen molar-refractivity contribution >= 4 is 12.1 Å². The number of nitrogens with zero attached hydrogens (tertiary/aromatic N) is 2. The van der Waals surface area contributed by atoms with Gasteiger partial charge in [0.2, 0.25) is 0 Å². The van der Waals surface area contributed by atoms with Crippen molar-refractivity contribution < 1.29 is 9.59 Å². The van der Waals surface area contributed by atoms with E-state index in [1.54, 1.807) is 28.2 Å². The van der Waals surface area contributed by atoms with Crippen LogP contribution in [0.15, 0.2) is 0 Å². The summed E-state index contributed by atoms with van der Waals surface area (Å²) in [5.41, 5.74) is 0. The number of hydrogen-bond acceptors (Lipinski definition) is 3. The van der Waals surface area contributed by atoms with E-state index in [0.29, 0.717) is 0 Å². The molecular weight excluding hydrogens is 234 g/mol. The normalized spacial score (nSPS) is 23.1. The van der Waals surface area contributed by atoms with Crippen molar-refractivity contribution in [1.82, 2.24) is 25.8 Å². The van der Waals surface area contributed by atoms with E-state index in [4.69, 9.17) is 0 Å². The van der Waals surface area contributed by atoms with E-state index in [1.165, 1.54) is 9.80 Å². The van der Waals surface area contributed by atoms with Gasteiger partial charge in [-0.05, 0) is 6.42 Å². The number of hydrogen-bond donors (Lipinski definition) is 3. The first-order valence-electron chi connectivity index (χ1n) is 6.06. The summed E-state index contributed by atoms with van der Waals surface area (Å²) in [6.45, 7) is 1.46. The first-order valence-corrected chi connectivity index (χ1v) is 6.06. The van der Waals surface area contributed by atoms with Crippen LogP contribution in [-0.2, 0) is 0 Å². The van der Waals surface area contributed by atoms with E-state index < -0.39 is 0 Å². The van der Waals surface area contributed by atoms with Crippen molar-refractivity contribution in [1.29, 1.82) is 0 Å². The van der Waals surface area contributed by atoms with Gasteiger partial charge in [-0.3, -0.25) is 0 Å². The van der Waals surface area contributed by atoms with Crippen LogP contribution in [0.2, 0.25) is 0 Å². The van der Waals surface area contributed by atoms with Crippen molar-refractivity contribution in [3.63, 3.8) is 0 Å². The summed E-state index contributed by atoms with van der Waals surface area (Å²) in [6.07, 6.45) is 0.742. The Morgan fingerprint density at radius 2 is 1.33 bits per heavy atom. The molecule has 1 rings (SSSR count). The van der Waals surface area contributed by atoms with E-state index in [2.05, 4.69) is 16.0 Å². The lowest BCUT2D eigenvalue weighted by Crippen LogP contribution is -2.57. The molecule has 0 aromatic heterocycles. The predicted molar refractivity (Wildman–Crippen MR) is 69.5 cm³/mol. The summed E-state index contributed by atoms with van der Waals surface area (Å²) in [5.74, 6) is 0. The fourth-order valence-electron chi connectivity index (χ4n) is 1.77. The maximum Gasteiger partial charge on any atom is 0.317 e. The zero-order valence-corrected chi connectivity index (χ0v) is 11.5. The minimum atomic E-state index is -0.110. The van der Waals surface area contributed by atoms with Gasteiger partial charge in [0, 0.05) is 53.4 Å². The van der Waals surface area contributed by atoms with Gasteiger partial charge in [-0.15, -0.1) is 0 Å². The SMILES string of the molecule is CN(C)C(=O)NC1CNCC(NC(=O)N(C)C)C1. The fourth-order valence-corrected chi connectivity index (χ4v) is 1.77. The molecule has 0 spiro atoms. The summed E-state index contributed by atoms with van der Waals surface area (Å²) >= 11 is 0. The molecule has 2 unspecified atom stereocenters. The number of carbonyl (C=O) groups excluding carboxylic acids is 2. The van der Waals surface area contributed by atoms with Gasteiger partial charge in [0.05, 0.1) is 0 Å². The molecule has 0 bridgehead atoms. The summed E-state index contributed by atoms with van der Waals surface area (Å²) in [6, 6.07) is -0.134.